The van der Waals surface area contributed by atoms with E-state index in [2.05, 4.69) is 0 Å². The molecule has 1 aliphatic carbocycles. The highest BCUT2D eigenvalue weighted by atomic mass is 16.5. The molecule has 0 bridgehead atoms. The SMILES string of the molecule is COC(=O)C1(Cc2ccc(OC)cc2)CC1. The maximum absolute atomic E-state index is 11.6. The Bertz CT molecular complexity index is 377. The number of carbonyl (C=O) groups excluding carboxylic acids is 1. The quantitative estimate of drug-likeness (QED) is 0.730. The van der Waals surface area contributed by atoms with Crippen molar-refractivity contribution in [2.75, 3.05) is 14.2 Å². The second-order valence-electron chi connectivity index (χ2n) is 4.30. The molecule has 0 radical (unpaired) electrons. The average Bonchev–Trinajstić information content (AvgIpc) is 3.10. The highest BCUT2D eigenvalue weighted by Crippen LogP contribution is 2.49. The lowest BCUT2D eigenvalue weighted by Gasteiger charge is -2.12. The Morgan fingerprint density at radius 1 is 1.25 bits per heavy atom. The second kappa shape index (κ2) is 4.16. The fourth-order valence-electron chi connectivity index (χ4n) is 1.95. The van der Waals surface area contributed by atoms with Crippen LogP contribution < -0.4 is 4.74 Å². The van der Waals surface area contributed by atoms with Gasteiger partial charge < -0.3 is 9.47 Å². The van der Waals surface area contributed by atoms with Crippen LogP contribution in [0.3, 0.4) is 0 Å². The van der Waals surface area contributed by atoms with E-state index in [4.69, 9.17) is 9.47 Å². The Hall–Kier alpha value is -1.51. The zero-order chi connectivity index (χ0) is 11.6. The van der Waals surface area contributed by atoms with Crippen LogP contribution in [0.4, 0.5) is 0 Å². The standard InChI is InChI=1S/C13H16O3/c1-15-11-5-3-10(4-6-11)9-13(7-8-13)12(14)16-2/h3-6H,7-9H2,1-2H3. The van der Waals surface area contributed by atoms with Crippen molar-refractivity contribution in [3.63, 3.8) is 0 Å². The molecule has 1 aliphatic rings. The van der Waals surface area contributed by atoms with Gasteiger partial charge in [0.2, 0.25) is 0 Å². The van der Waals surface area contributed by atoms with Gasteiger partial charge in [-0.3, -0.25) is 4.79 Å². The Morgan fingerprint density at radius 3 is 2.31 bits per heavy atom. The third kappa shape index (κ3) is 2.03. The number of carbonyl (C=O) groups is 1. The van der Waals surface area contributed by atoms with E-state index in [0.29, 0.717) is 0 Å². The van der Waals surface area contributed by atoms with Crippen LogP contribution in [0.2, 0.25) is 0 Å². The monoisotopic (exact) mass is 220 g/mol. The van der Waals surface area contributed by atoms with Crippen molar-refractivity contribution in [1.82, 2.24) is 0 Å². The maximum Gasteiger partial charge on any atom is 0.312 e. The molecule has 0 spiro atoms. The average molecular weight is 220 g/mol. The van der Waals surface area contributed by atoms with Gasteiger partial charge >= 0.3 is 5.97 Å². The zero-order valence-corrected chi connectivity index (χ0v) is 9.66. The topological polar surface area (TPSA) is 35.5 Å². The van der Waals surface area contributed by atoms with Gasteiger partial charge in [0.05, 0.1) is 19.6 Å². The van der Waals surface area contributed by atoms with E-state index in [0.717, 1.165) is 30.6 Å². The molecule has 1 fully saturated rings. The van der Waals surface area contributed by atoms with Crippen molar-refractivity contribution in [3.8, 4) is 5.75 Å². The molecule has 1 aromatic carbocycles. The molecule has 0 aromatic heterocycles. The van der Waals surface area contributed by atoms with Crippen LogP contribution in [0.25, 0.3) is 0 Å². The number of esters is 1. The molecule has 0 aliphatic heterocycles. The number of benzene rings is 1. The highest BCUT2D eigenvalue weighted by Gasteiger charge is 2.50. The van der Waals surface area contributed by atoms with Gasteiger partial charge in [0.15, 0.2) is 0 Å². The minimum absolute atomic E-state index is 0.0803. The molecule has 16 heavy (non-hydrogen) atoms. The Balaban J connectivity index is 2.06. The largest absolute Gasteiger partial charge is 0.497 e. The molecular weight excluding hydrogens is 204 g/mol. The van der Waals surface area contributed by atoms with E-state index in [1.807, 2.05) is 24.3 Å². The first-order chi connectivity index (χ1) is 7.70. The summed E-state index contributed by atoms with van der Waals surface area (Å²) < 4.78 is 9.92. The van der Waals surface area contributed by atoms with Crippen LogP contribution in [0.1, 0.15) is 18.4 Å². The summed E-state index contributed by atoms with van der Waals surface area (Å²) in [6, 6.07) is 7.84. The summed E-state index contributed by atoms with van der Waals surface area (Å²) in [7, 11) is 3.10. The Labute approximate surface area is 95.4 Å². The second-order valence-corrected chi connectivity index (χ2v) is 4.30. The summed E-state index contributed by atoms with van der Waals surface area (Å²) in [5.74, 6) is 0.759. The summed E-state index contributed by atoms with van der Waals surface area (Å²) in [5, 5.41) is 0. The molecule has 0 saturated heterocycles. The lowest BCUT2D eigenvalue weighted by Crippen LogP contribution is -2.19. The summed E-state index contributed by atoms with van der Waals surface area (Å²) in [6.45, 7) is 0. The van der Waals surface area contributed by atoms with Crippen LogP contribution in [0.5, 0.6) is 5.75 Å². The first kappa shape index (κ1) is 11.0. The molecule has 3 nitrogen and oxygen atoms in total. The van der Waals surface area contributed by atoms with E-state index in [-0.39, 0.29) is 11.4 Å². The molecule has 0 unspecified atom stereocenters. The summed E-state index contributed by atoms with van der Waals surface area (Å²) in [5.41, 5.74) is 0.910. The number of hydrogen-bond donors (Lipinski definition) is 0. The van der Waals surface area contributed by atoms with Crippen LogP contribution in [0.15, 0.2) is 24.3 Å². The lowest BCUT2D eigenvalue weighted by molar-refractivity contribution is -0.147. The van der Waals surface area contributed by atoms with Gasteiger partial charge in [0.1, 0.15) is 5.75 Å². The van der Waals surface area contributed by atoms with Gasteiger partial charge in [-0.2, -0.15) is 0 Å². The molecule has 0 atom stereocenters. The van der Waals surface area contributed by atoms with E-state index in [1.54, 1.807) is 7.11 Å². The lowest BCUT2D eigenvalue weighted by atomic mass is 9.96. The number of hydrogen-bond acceptors (Lipinski definition) is 3. The van der Waals surface area contributed by atoms with E-state index < -0.39 is 0 Å². The van der Waals surface area contributed by atoms with E-state index in [1.165, 1.54) is 7.11 Å². The fraction of sp³-hybridized carbons (Fsp3) is 0.462. The predicted octanol–water partition coefficient (Wildman–Crippen LogP) is 2.19. The molecule has 0 amide bonds. The first-order valence-corrected chi connectivity index (χ1v) is 5.41. The highest BCUT2D eigenvalue weighted by molar-refractivity contribution is 5.80. The smallest absolute Gasteiger partial charge is 0.312 e. The van der Waals surface area contributed by atoms with Gasteiger partial charge in [-0.1, -0.05) is 12.1 Å². The summed E-state index contributed by atoms with van der Waals surface area (Å²) in [4.78, 5) is 11.6. The molecule has 0 heterocycles. The van der Waals surface area contributed by atoms with Gasteiger partial charge in [-0.15, -0.1) is 0 Å². The third-order valence-electron chi connectivity index (χ3n) is 3.17. The number of ether oxygens (including phenoxy) is 2. The van der Waals surface area contributed by atoms with Crippen molar-refractivity contribution in [3.05, 3.63) is 29.8 Å². The summed E-state index contributed by atoms with van der Waals surface area (Å²) in [6.07, 6.45) is 2.64. The van der Waals surface area contributed by atoms with Gasteiger partial charge in [-0.05, 0) is 37.0 Å². The van der Waals surface area contributed by atoms with E-state index in [9.17, 15) is 4.79 Å². The van der Waals surface area contributed by atoms with Crippen molar-refractivity contribution in [2.45, 2.75) is 19.3 Å². The van der Waals surface area contributed by atoms with Gasteiger partial charge in [0, 0.05) is 0 Å². The third-order valence-corrected chi connectivity index (χ3v) is 3.17. The van der Waals surface area contributed by atoms with Crippen LogP contribution in [-0.4, -0.2) is 20.2 Å². The Morgan fingerprint density at radius 2 is 1.88 bits per heavy atom. The minimum Gasteiger partial charge on any atom is -0.497 e. The molecule has 0 N–H and O–H groups in total. The van der Waals surface area contributed by atoms with Crippen LogP contribution in [0, 0.1) is 5.41 Å². The van der Waals surface area contributed by atoms with Crippen molar-refractivity contribution in [2.24, 2.45) is 5.41 Å². The van der Waals surface area contributed by atoms with Crippen molar-refractivity contribution >= 4 is 5.97 Å². The molecule has 2 rings (SSSR count). The van der Waals surface area contributed by atoms with Crippen molar-refractivity contribution in [1.29, 1.82) is 0 Å². The molecule has 3 heteroatoms. The number of methoxy groups -OCH3 is 2. The van der Waals surface area contributed by atoms with Gasteiger partial charge in [-0.25, -0.2) is 0 Å². The Kier molecular flexibility index (Phi) is 2.86. The zero-order valence-electron chi connectivity index (χ0n) is 9.66. The molecular formula is C13H16O3. The molecule has 1 aromatic rings. The maximum atomic E-state index is 11.6. The van der Waals surface area contributed by atoms with Gasteiger partial charge in [0.25, 0.3) is 0 Å². The fourth-order valence-corrected chi connectivity index (χ4v) is 1.95. The van der Waals surface area contributed by atoms with Crippen molar-refractivity contribution < 1.29 is 14.3 Å². The van der Waals surface area contributed by atoms with Crippen LogP contribution >= 0.6 is 0 Å². The predicted molar refractivity (Wildman–Crippen MR) is 60.4 cm³/mol. The number of rotatable bonds is 4. The van der Waals surface area contributed by atoms with E-state index >= 15 is 0 Å². The van der Waals surface area contributed by atoms with Crippen LogP contribution in [-0.2, 0) is 16.0 Å². The first-order valence-electron chi connectivity index (χ1n) is 5.41. The molecule has 1 saturated carbocycles. The molecule has 86 valence electrons. The normalized spacial score (nSPS) is 16.6. The minimum atomic E-state index is -0.247. The summed E-state index contributed by atoms with van der Waals surface area (Å²) >= 11 is 0.